The van der Waals surface area contributed by atoms with E-state index in [1.807, 2.05) is 0 Å². The highest BCUT2D eigenvalue weighted by Crippen LogP contribution is 2.58. The smallest absolute Gasteiger partial charge is 0.308 e. The van der Waals surface area contributed by atoms with Crippen LogP contribution < -0.4 is 9.04 Å². The van der Waals surface area contributed by atoms with E-state index in [2.05, 4.69) is 0 Å². The number of nitrogens with zero attached hydrogens (tertiary/aromatic N) is 1. The summed E-state index contributed by atoms with van der Waals surface area (Å²) in [7, 11) is -3.17. The van der Waals surface area contributed by atoms with Gasteiger partial charge in [0.15, 0.2) is 5.76 Å². The van der Waals surface area contributed by atoms with Crippen molar-refractivity contribution >= 4 is 34.2 Å². The lowest BCUT2D eigenvalue weighted by molar-refractivity contribution is -0.132. The Morgan fingerprint density at radius 3 is 2.76 bits per heavy atom. The highest BCUT2D eigenvalue weighted by Gasteiger charge is 2.37. The Bertz CT molecular complexity index is 840. The zero-order chi connectivity index (χ0) is 18.4. The molecule has 0 aliphatic carbocycles. The van der Waals surface area contributed by atoms with Gasteiger partial charge >= 0.3 is 5.97 Å². The molecule has 2 heterocycles. The van der Waals surface area contributed by atoms with Crippen molar-refractivity contribution in [3.05, 3.63) is 29.0 Å². The van der Waals surface area contributed by atoms with Gasteiger partial charge in [0.05, 0.1) is 10.8 Å². The maximum atomic E-state index is 13.6. The molecule has 1 aromatic carbocycles. The van der Waals surface area contributed by atoms with Gasteiger partial charge in [0.2, 0.25) is 11.5 Å². The average molecular weight is 392 g/mol. The second-order valence-corrected chi connectivity index (χ2v) is 7.94. The van der Waals surface area contributed by atoms with E-state index in [9.17, 15) is 23.4 Å². The SMILES string of the molecule is CC(=O)Oc1c(N2CCCS2(O)O)oc(-c2cc(F)ccc2Cl)c1O. The highest BCUT2D eigenvalue weighted by atomic mass is 35.5. The highest BCUT2D eigenvalue weighted by molar-refractivity contribution is 8.25. The molecule has 1 aliphatic rings. The second kappa shape index (κ2) is 6.41. The van der Waals surface area contributed by atoms with E-state index >= 15 is 0 Å². The van der Waals surface area contributed by atoms with Crippen molar-refractivity contribution in [2.24, 2.45) is 0 Å². The second-order valence-electron chi connectivity index (χ2n) is 5.42. The van der Waals surface area contributed by atoms with Crippen molar-refractivity contribution in [2.75, 3.05) is 16.6 Å². The summed E-state index contributed by atoms with van der Waals surface area (Å²) >= 11 is 6.03. The summed E-state index contributed by atoms with van der Waals surface area (Å²) < 4.78 is 45.5. The Morgan fingerprint density at radius 1 is 1.44 bits per heavy atom. The van der Waals surface area contributed by atoms with Crippen LogP contribution in [0.2, 0.25) is 5.02 Å². The van der Waals surface area contributed by atoms with Crippen molar-refractivity contribution in [2.45, 2.75) is 13.3 Å². The number of furan rings is 1. The molecule has 2 aromatic rings. The van der Waals surface area contributed by atoms with Crippen LogP contribution in [0.5, 0.6) is 11.5 Å². The summed E-state index contributed by atoms with van der Waals surface area (Å²) in [6.45, 7) is 1.34. The quantitative estimate of drug-likeness (QED) is 0.672. The van der Waals surface area contributed by atoms with E-state index in [4.69, 9.17) is 20.8 Å². The van der Waals surface area contributed by atoms with Crippen molar-refractivity contribution in [3.8, 4) is 22.8 Å². The molecule has 0 saturated carbocycles. The van der Waals surface area contributed by atoms with E-state index in [-0.39, 0.29) is 40.3 Å². The van der Waals surface area contributed by atoms with Gasteiger partial charge in [-0.3, -0.25) is 13.9 Å². The number of hydrogen-bond donors (Lipinski definition) is 3. The molecule has 0 unspecified atom stereocenters. The lowest BCUT2D eigenvalue weighted by Gasteiger charge is -2.36. The molecule has 0 spiro atoms. The summed E-state index contributed by atoms with van der Waals surface area (Å²) in [5, 5.41) is 10.5. The van der Waals surface area contributed by atoms with Gasteiger partial charge in [-0.05, 0) is 24.6 Å². The van der Waals surface area contributed by atoms with Crippen LogP contribution in [0.15, 0.2) is 22.6 Å². The number of ether oxygens (including phenoxy) is 1. The van der Waals surface area contributed by atoms with Crippen molar-refractivity contribution in [1.82, 2.24) is 0 Å². The molecule has 0 radical (unpaired) electrons. The molecule has 10 heteroatoms. The largest absolute Gasteiger partial charge is 0.502 e. The van der Waals surface area contributed by atoms with Crippen LogP contribution in [0.3, 0.4) is 0 Å². The monoisotopic (exact) mass is 391 g/mol. The predicted molar refractivity (Wildman–Crippen MR) is 91.8 cm³/mol. The molecule has 1 aliphatic heterocycles. The number of carbonyl (C=O) groups excluding carboxylic acids is 1. The number of halogens is 2. The van der Waals surface area contributed by atoms with Crippen molar-refractivity contribution < 1.29 is 32.6 Å². The Labute approximate surface area is 149 Å². The lowest BCUT2D eigenvalue weighted by Crippen LogP contribution is -2.22. The third kappa shape index (κ3) is 3.28. The molecule has 3 N–H and O–H groups in total. The van der Waals surface area contributed by atoms with Crippen LogP contribution in [-0.4, -0.2) is 32.5 Å². The summed E-state index contributed by atoms with van der Waals surface area (Å²) in [4.78, 5) is 11.4. The number of aromatic hydroxyl groups is 1. The average Bonchev–Trinajstić information content (AvgIpc) is 3.02. The van der Waals surface area contributed by atoms with Gasteiger partial charge in [-0.1, -0.05) is 11.6 Å². The maximum Gasteiger partial charge on any atom is 0.308 e. The van der Waals surface area contributed by atoms with Gasteiger partial charge in [-0.2, -0.15) is 0 Å². The van der Waals surface area contributed by atoms with Crippen LogP contribution in [0.25, 0.3) is 11.3 Å². The molecular formula is C15H15ClFNO6S. The molecule has 1 aromatic heterocycles. The molecule has 1 fully saturated rings. The van der Waals surface area contributed by atoms with Gasteiger partial charge in [0.25, 0.3) is 5.88 Å². The van der Waals surface area contributed by atoms with E-state index in [1.54, 1.807) is 0 Å². The fourth-order valence-electron chi connectivity index (χ4n) is 2.54. The van der Waals surface area contributed by atoms with E-state index in [1.165, 1.54) is 6.07 Å². The first-order valence-corrected chi connectivity index (χ1v) is 9.29. The van der Waals surface area contributed by atoms with E-state index in [0.29, 0.717) is 6.42 Å². The van der Waals surface area contributed by atoms with Crippen LogP contribution in [0, 0.1) is 5.82 Å². The van der Waals surface area contributed by atoms with Crippen LogP contribution in [0.4, 0.5) is 10.3 Å². The lowest BCUT2D eigenvalue weighted by atomic mass is 10.1. The number of benzene rings is 1. The summed E-state index contributed by atoms with van der Waals surface area (Å²) in [5.41, 5.74) is 0.0366. The first-order valence-electron chi connectivity index (χ1n) is 7.24. The van der Waals surface area contributed by atoms with Gasteiger partial charge < -0.3 is 14.3 Å². The number of esters is 1. The van der Waals surface area contributed by atoms with Gasteiger partial charge in [-0.25, -0.2) is 8.70 Å². The molecule has 3 rings (SSSR count). The minimum atomic E-state index is -3.17. The molecule has 0 atom stereocenters. The van der Waals surface area contributed by atoms with Gasteiger partial charge in [0.1, 0.15) is 5.82 Å². The summed E-state index contributed by atoms with van der Waals surface area (Å²) in [6.07, 6.45) is 0.472. The Balaban J connectivity index is 2.18. The fourth-order valence-corrected chi connectivity index (χ4v) is 4.29. The zero-order valence-corrected chi connectivity index (χ0v) is 14.6. The number of carbonyl (C=O) groups is 1. The molecular weight excluding hydrogens is 377 g/mol. The first kappa shape index (κ1) is 17.9. The van der Waals surface area contributed by atoms with E-state index in [0.717, 1.165) is 23.4 Å². The van der Waals surface area contributed by atoms with Crippen LogP contribution in [0.1, 0.15) is 13.3 Å². The van der Waals surface area contributed by atoms with E-state index < -0.39 is 28.3 Å². The van der Waals surface area contributed by atoms with Crippen LogP contribution in [-0.2, 0) is 4.79 Å². The fraction of sp³-hybridized carbons (Fsp3) is 0.267. The minimum Gasteiger partial charge on any atom is -0.502 e. The zero-order valence-electron chi connectivity index (χ0n) is 13.0. The molecule has 136 valence electrons. The summed E-state index contributed by atoms with van der Waals surface area (Å²) in [6, 6.07) is 3.46. The molecule has 25 heavy (non-hydrogen) atoms. The molecule has 0 bridgehead atoms. The molecule has 1 saturated heterocycles. The van der Waals surface area contributed by atoms with Gasteiger partial charge in [0, 0.05) is 19.0 Å². The first-order chi connectivity index (χ1) is 11.7. The van der Waals surface area contributed by atoms with Gasteiger partial charge in [-0.15, -0.1) is 10.8 Å². The number of anilines is 1. The van der Waals surface area contributed by atoms with Crippen molar-refractivity contribution in [1.29, 1.82) is 0 Å². The number of hydrogen-bond acceptors (Lipinski definition) is 7. The predicted octanol–water partition coefficient (Wildman–Crippen LogP) is 4.25. The van der Waals surface area contributed by atoms with Crippen molar-refractivity contribution in [3.63, 3.8) is 0 Å². The molecule has 0 amide bonds. The third-order valence-corrected chi connectivity index (χ3v) is 5.82. The Morgan fingerprint density at radius 2 is 2.16 bits per heavy atom. The standard InChI is InChI=1S/C15H15ClFNO6S/c1-8(19)23-14-12(20)13(10-7-9(17)3-4-11(10)16)24-15(14)18-5-2-6-25(18,21)22/h3-4,7,20-22H,2,5-6H2,1H3. The summed E-state index contributed by atoms with van der Waals surface area (Å²) in [5.74, 6) is -2.66. The minimum absolute atomic E-state index is 0.0366. The maximum absolute atomic E-state index is 13.6. The number of rotatable bonds is 3. The Hall–Kier alpha value is -1.94. The Kier molecular flexibility index (Phi) is 4.58. The normalized spacial score (nSPS) is 17.6. The van der Waals surface area contributed by atoms with Crippen LogP contribution >= 0.6 is 22.4 Å². The third-order valence-electron chi connectivity index (χ3n) is 3.60. The topological polar surface area (TPSA) is 103 Å². The molecule has 7 nitrogen and oxygen atoms in total.